The molecule has 1 fully saturated rings. The molecule has 2 amide bonds. The van der Waals surface area contributed by atoms with E-state index in [9.17, 15) is 19.5 Å². The summed E-state index contributed by atoms with van der Waals surface area (Å²) in [5.41, 5.74) is 0.110. The molecule has 2 rings (SSSR count). The van der Waals surface area contributed by atoms with Gasteiger partial charge in [0, 0.05) is 6.54 Å². The highest BCUT2D eigenvalue weighted by atomic mass is 16.6. The number of benzene rings is 1. The number of carbonyl (C=O) groups is 3. The fourth-order valence-corrected chi connectivity index (χ4v) is 2.89. The van der Waals surface area contributed by atoms with Gasteiger partial charge in [0.15, 0.2) is 0 Å². The number of hydrogen-bond donors (Lipinski definition) is 1. The number of carboxylic acids is 1. The van der Waals surface area contributed by atoms with E-state index in [0.29, 0.717) is 19.4 Å². The Morgan fingerprint density at radius 3 is 2.50 bits per heavy atom. The van der Waals surface area contributed by atoms with Gasteiger partial charge in [0.1, 0.15) is 11.6 Å². The van der Waals surface area contributed by atoms with Gasteiger partial charge in [-0.3, -0.25) is 9.69 Å². The number of aliphatic carboxylic acids is 1. The highest BCUT2D eigenvalue weighted by Crippen LogP contribution is 2.21. The van der Waals surface area contributed by atoms with Crippen LogP contribution in [0, 0.1) is 0 Å². The van der Waals surface area contributed by atoms with Crippen LogP contribution in [0.15, 0.2) is 30.3 Å². The van der Waals surface area contributed by atoms with Crippen molar-refractivity contribution in [1.82, 2.24) is 10.2 Å². The summed E-state index contributed by atoms with van der Waals surface area (Å²) in [7, 11) is 0. The van der Waals surface area contributed by atoms with Gasteiger partial charge in [0.05, 0.1) is 12.0 Å². The summed E-state index contributed by atoms with van der Waals surface area (Å²) in [6.07, 6.45) is 0.680. The van der Waals surface area contributed by atoms with Gasteiger partial charge in [0.2, 0.25) is 5.91 Å². The predicted octanol–water partition coefficient (Wildman–Crippen LogP) is 0.863. The topological polar surface area (TPSA) is 98.8 Å². The van der Waals surface area contributed by atoms with Crippen LogP contribution in [-0.2, 0) is 20.7 Å². The molecule has 1 aromatic carbocycles. The first kappa shape index (κ1) is 19.8. The smallest absolute Gasteiger partial charge is 0.410 e. The van der Waals surface area contributed by atoms with Crippen LogP contribution in [0.4, 0.5) is 4.79 Å². The average molecular weight is 361 g/mol. The van der Waals surface area contributed by atoms with Gasteiger partial charge in [-0.1, -0.05) is 30.3 Å². The number of rotatable bonds is 5. The fourth-order valence-electron chi connectivity index (χ4n) is 2.89. The summed E-state index contributed by atoms with van der Waals surface area (Å²) in [4.78, 5) is 37.6. The molecular weight excluding hydrogens is 336 g/mol. The van der Waals surface area contributed by atoms with Crippen molar-refractivity contribution < 1.29 is 24.2 Å². The predicted molar refractivity (Wildman–Crippen MR) is 93.0 cm³/mol. The van der Waals surface area contributed by atoms with Gasteiger partial charge in [0.25, 0.3) is 0 Å². The molecule has 142 valence electrons. The second-order valence-electron chi connectivity index (χ2n) is 7.40. The van der Waals surface area contributed by atoms with Crippen molar-refractivity contribution in [2.24, 2.45) is 0 Å². The Balaban J connectivity index is 2.03. The standard InChI is InChI=1S/C19H26N2O5/c1-19(2,3)26-18(25)21-11-7-10-15(21)16(22)20-14(17(23)24)12-13-8-5-4-6-9-13/h4-6,8-9,14-15H,7,10-12H2,1-3H3,(H,20,22)(H,23,24)/p-1/t14-,15-/m1/s1. The zero-order valence-corrected chi connectivity index (χ0v) is 15.4. The molecular formula is C19H25N2O5-. The molecule has 1 aromatic rings. The Labute approximate surface area is 153 Å². The first-order chi connectivity index (χ1) is 12.2. The monoisotopic (exact) mass is 361 g/mol. The van der Waals surface area contributed by atoms with Crippen molar-refractivity contribution in [3.63, 3.8) is 0 Å². The van der Waals surface area contributed by atoms with Crippen LogP contribution >= 0.6 is 0 Å². The van der Waals surface area contributed by atoms with Crippen LogP contribution in [0.3, 0.4) is 0 Å². The van der Waals surface area contributed by atoms with Gasteiger partial charge in [-0.25, -0.2) is 4.79 Å². The molecule has 0 aromatic heterocycles. The van der Waals surface area contributed by atoms with Crippen LogP contribution < -0.4 is 10.4 Å². The minimum Gasteiger partial charge on any atom is -0.548 e. The normalized spacial score (nSPS) is 18.3. The molecule has 7 nitrogen and oxygen atoms in total. The zero-order chi connectivity index (χ0) is 19.3. The zero-order valence-electron chi connectivity index (χ0n) is 15.4. The Bertz CT molecular complexity index is 654. The number of amides is 2. The van der Waals surface area contributed by atoms with E-state index in [-0.39, 0.29) is 6.42 Å². The molecule has 1 aliphatic rings. The molecule has 2 atom stereocenters. The van der Waals surface area contributed by atoms with E-state index in [1.165, 1.54) is 4.90 Å². The van der Waals surface area contributed by atoms with Crippen molar-refractivity contribution in [3.8, 4) is 0 Å². The van der Waals surface area contributed by atoms with Crippen LogP contribution in [0.25, 0.3) is 0 Å². The second kappa shape index (κ2) is 8.21. The van der Waals surface area contributed by atoms with E-state index in [0.717, 1.165) is 5.56 Å². The SMILES string of the molecule is CC(C)(C)OC(=O)N1CCC[C@@H]1C(=O)N[C@H](Cc1ccccc1)C(=O)[O-]. The van der Waals surface area contributed by atoms with Crippen LogP contribution in [0.2, 0.25) is 0 Å². The molecule has 0 bridgehead atoms. The number of nitrogens with one attached hydrogen (secondary N) is 1. The Morgan fingerprint density at radius 1 is 1.27 bits per heavy atom. The summed E-state index contributed by atoms with van der Waals surface area (Å²) in [5.74, 6) is -1.86. The maximum absolute atomic E-state index is 12.6. The van der Waals surface area contributed by atoms with Crippen LogP contribution in [0.5, 0.6) is 0 Å². The lowest BCUT2D eigenvalue weighted by atomic mass is 10.1. The molecule has 1 saturated heterocycles. The number of carboxylic acid groups (broad SMARTS) is 1. The van der Waals surface area contributed by atoms with E-state index in [1.807, 2.05) is 6.07 Å². The molecule has 0 unspecified atom stereocenters. The summed E-state index contributed by atoms with van der Waals surface area (Å²) in [6, 6.07) is 7.09. The summed E-state index contributed by atoms with van der Waals surface area (Å²) in [6.45, 7) is 5.66. The molecule has 1 N–H and O–H groups in total. The molecule has 1 aliphatic heterocycles. The lowest BCUT2D eigenvalue weighted by Gasteiger charge is -2.29. The molecule has 0 spiro atoms. The van der Waals surface area contributed by atoms with Crippen LogP contribution in [-0.4, -0.2) is 47.1 Å². The average Bonchev–Trinajstić information content (AvgIpc) is 3.03. The van der Waals surface area contributed by atoms with Crippen molar-refractivity contribution in [2.45, 2.75) is 57.7 Å². The Kier molecular flexibility index (Phi) is 6.23. The molecule has 0 radical (unpaired) electrons. The fraction of sp³-hybridized carbons (Fsp3) is 0.526. The van der Waals surface area contributed by atoms with Gasteiger partial charge in [-0.05, 0) is 45.6 Å². The van der Waals surface area contributed by atoms with E-state index in [4.69, 9.17) is 4.74 Å². The number of ether oxygens (including phenoxy) is 1. The third-order valence-electron chi connectivity index (χ3n) is 4.07. The van der Waals surface area contributed by atoms with Gasteiger partial charge < -0.3 is 20.0 Å². The highest BCUT2D eigenvalue weighted by Gasteiger charge is 2.37. The van der Waals surface area contributed by atoms with Crippen molar-refractivity contribution in [2.75, 3.05) is 6.54 Å². The maximum atomic E-state index is 12.6. The maximum Gasteiger partial charge on any atom is 0.410 e. The number of carbonyl (C=O) groups excluding carboxylic acids is 3. The van der Waals surface area contributed by atoms with Crippen molar-refractivity contribution >= 4 is 18.0 Å². The van der Waals surface area contributed by atoms with E-state index in [1.54, 1.807) is 45.0 Å². The van der Waals surface area contributed by atoms with Crippen molar-refractivity contribution in [1.29, 1.82) is 0 Å². The quantitative estimate of drug-likeness (QED) is 0.839. The number of hydrogen-bond acceptors (Lipinski definition) is 5. The van der Waals surface area contributed by atoms with E-state index in [2.05, 4.69) is 5.32 Å². The van der Waals surface area contributed by atoms with Gasteiger partial charge >= 0.3 is 6.09 Å². The lowest BCUT2D eigenvalue weighted by Crippen LogP contribution is -2.55. The minimum atomic E-state index is -1.36. The van der Waals surface area contributed by atoms with Gasteiger partial charge in [-0.15, -0.1) is 0 Å². The molecule has 0 aliphatic carbocycles. The Morgan fingerprint density at radius 2 is 1.92 bits per heavy atom. The highest BCUT2D eigenvalue weighted by molar-refractivity contribution is 5.89. The summed E-state index contributed by atoms with van der Waals surface area (Å²) < 4.78 is 5.33. The second-order valence-corrected chi connectivity index (χ2v) is 7.40. The molecule has 26 heavy (non-hydrogen) atoms. The molecule has 1 heterocycles. The largest absolute Gasteiger partial charge is 0.548 e. The van der Waals surface area contributed by atoms with E-state index < -0.39 is 35.7 Å². The van der Waals surface area contributed by atoms with Gasteiger partial charge in [-0.2, -0.15) is 0 Å². The first-order valence-electron chi connectivity index (χ1n) is 8.72. The summed E-state index contributed by atoms with van der Waals surface area (Å²) in [5, 5.41) is 13.9. The van der Waals surface area contributed by atoms with Crippen molar-refractivity contribution in [3.05, 3.63) is 35.9 Å². The number of likely N-dealkylation sites (tertiary alicyclic amines) is 1. The minimum absolute atomic E-state index is 0.119. The Hall–Kier alpha value is -2.57. The third kappa shape index (κ3) is 5.47. The van der Waals surface area contributed by atoms with E-state index >= 15 is 0 Å². The molecule has 7 heteroatoms. The van der Waals surface area contributed by atoms with Crippen LogP contribution in [0.1, 0.15) is 39.2 Å². The first-order valence-corrected chi connectivity index (χ1v) is 8.72. The lowest BCUT2D eigenvalue weighted by molar-refractivity contribution is -0.308. The molecule has 0 saturated carbocycles. The third-order valence-corrected chi connectivity index (χ3v) is 4.07. The number of nitrogens with zero attached hydrogens (tertiary/aromatic N) is 1. The summed E-state index contributed by atoms with van der Waals surface area (Å²) >= 11 is 0.